The predicted octanol–water partition coefficient (Wildman–Crippen LogP) is 1.38. The minimum Gasteiger partial charge on any atom is -0.389 e. The first-order valence-corrected chi connectivity index (χ1v) is 8.39. The van der Waals surface area contributed by atoms with Crippen molar-refractivity contribution in [2.45, 2.75) is 26.1 Å². The Morgan fingerprint density at radius 3 is 2.58 bits per heavy atom. The van der Waals surface area contributed by atoms with Gasteiger partial charge in [-0.05, 0) is 25.5 Å². The van der Waals surface area contributed by atoms with Crippen LogP contribution in [0.5, 0.6) is 0 Å². The fraction of sp³-hybridized carbons (Fsp3) is 0.556. The summed E-state index contributed by atoms with van der Waals surface area (Å²) in [7, 11) is 3.53. The molecule has 128 valence electrons. The van der Waals surface area contributed by atoms with Crippen LogP contribution in [0.3, 0.4) is 0 Å². The number of benzene rings is 1. The van der Waals surface area contributed by atoms with Gasteiger partial charge in [-0.15, -0.1) is 0 Å². The van der Waals surface area contributed by atoms with Crippen molar-refractivity contribution in [2.75, 3.05) is 25.1 Å². The molecule has 0 spiro atoms. The second kappa shape index (κ2) is 5.29. The highest BCUT2D eigenvalue weighted by Crippen LogP contribution is 2.48. The van der Waals surface area contributed by atoms with Gasteiger partial charge in [0.25, 0.3) is 5.56 Å². The lowest BCUT2D eigenvalue weighted by atomic mass is 10.0. The van der Waals surface area contributed by atoms with Gasteiger partial charge in [-0.1, -0.05) is 6.07 Å². The second-order valence-electron chi connectivity index (χ2n) is 7.14. The van der Waals surface area contributed by atoms with Gasteiger partial charge in [0, 0.05) is 44.6 Å². The van der Waals surface area contributed by atoms with Gasteiger partial charge >= 0.3 is 0 Å². The van der Waals surface area contributed by atoms with Crippen LogP contribution in [0.4, 0.5) is 5.95 Å². The molecule has 1 N–H and O–H groups in total. The van der Waals surface area contributed by atoms with Gasteiger partial charge in [0.2, 0.25) is 5.95 Å². The van der Waals surface area contributed by atoms with E-state index in [1.807, 2.05) is 19.1 Å². The van der Waals surface area contributed by atoms with E-state index in [2.05, 4.69) is 4.90 Å². The molecule has 6 heteroatoms. The summed E-state index contributed by atoms with van der Waals surface area (Å²) < 4.78 is 7.08. The van der Waals surface area contributed by atoms with Crippen LogP contribution in [-0.2, 0) is 11.8 Å². The van der Waals surface area contributed by atoms with Gasteiger partial charge in [-0.2, -0.15) is 0 Å². The maximum absolute atomic E-state index is 12.8. The first kappa shape index (κ1) is 15.6. The van der Waals surface area contributed by atoms with E-state index in [9.17, 15) is 9.90 Å². The summed E-state index contributed by atoms with van der Waals surface area (Å²) in [5.74, 6) is 1.76. The van der Waals surface area contributed by atoms with E-state index < -0.39 is 6.10 Å². The molecular weight excluding hydrogens is 306 g/mol. The number of fused-ring (bicyclic) bond motifs is 2. The molecule has 2 unspecified atom stereocenters. The molecule has 4 atom stereocenters. The maximum atomic E-state index is 12.8. The fourth-order valence-electron chi connectivity index (χ4n) is 4.13. The van der Waals surface area contributed by atoms with Crippen molar-refractivity contribution in [3.8, 4) is 0 Å². The van der Waals surface area contributed by atoms with Gasteiger partial charge in [-0.25, -0.2) is 4.98 Å². The number of piperidine rings is 1. The van der Waals surface area contributed by atoms with E-state index in [1.54, 1.807) is 25.6 Å². The number of nitrogens with zero attached hydrogens (tertiary/aromatic N) is 3. The maximum Gasteiger partial charge on any atom is 0.262 e. The van der Waals surface area contributed by atoms with Crippen molar-refractivity contribution in [3.05, 3.63) is 33.6 Å². The molecule has 24 heavy (non-hydrogen) atoms. The molecule has 1 aromatic heterocycles. The van der Waals surface area contributed by atoms with Crippen LogP contribution in [0.1, 0.15) is 24.2 Å². The number of ether oxygens (including phenoxy) is 1. The quantitative estimate of drug-likeness (QED) is 0.921. The van der Waals surface area contributed by atoms with Gasteiger partial charge in [-0.3, -0.25) is 9.36 Å². The van der Waals surface area contributed by atoms with Gasteiger partial charge in [0.05, 0.1) is 23.1 Å². The highest BCUT2D eigenvalue weighted by atomic mass is 16.5. The highest BCUT2D eigenvalue weighted by molar-refractivity contribution is 5.83. The summed E-state index contributed by atoms with van der Waals surface area (Å²) in [6.07, 6.45) is -0.306. The minimum atomic E-state index is -0.662. The average molecular weight is 329 g/mol. The molecule has 2 heterocycles. The van der Waals surface area contributed by atoms with Crippen LogP contribution in [0.15, 0.2) is 16.9 Å². The lowest BCUT2D eigenvalue weighted by Crippen LogP contribution is -2.33. The number of anilines is 1. The number of methoxy groups -OCH3 is 1. The molecule has 0 bridgehead atoms. The Morgan fingerprint density at radius 1 is 1.33 bits per heavy atom. The predicted molar refractivity (Wildman–Crippen MR) is 92.3 cm³/mol. The lowest BCUT2D eigenvalue weighted by molar-refractivity contribution is 0.156. The van der Waals surface area contributed by atoms with Crippen molar-refractivity contribution in [2.24, 2.45) is 18.9 Å². The molecule has 1 aliphatic carbocycles. The molecule has 1 aliphatic heterocycles. The monoisotopic (exact) mass is 329 g/mol. The Kier molecular flexibility index (Phi) is 3.44. The van der Waals surface area contributed by atoms with Crippen LogP contribution >= 0.6 is 0 Å². The molecule has 2 aliphatic rings. The zero-order valence-corrected chi connectivity index (χ0v) is 14.5. The number of hydrogen-bond acceptors (Lipinski definition) is 5. The van der Waals surface area contributed by atoms with Crippen LogP contribution < -0.4 is 10.5 Å². The topological polar surface area (TPSA) is 67.6 Å². The molecule has 1 saturated carbocycles. The first-order chi connectivity index (χ1) is 11.4. The zero-order chi connectivity index (χ0) is 17.2. The number of hydrogen-bond donors (Lipinski definition) is 1. The van der Waals surface area contributed by atoms with Gasteiger partial charge in [0.1, 0.15) is 0 Å². The van der Waals surface area contributed by atoms with Gasteiger partial charge < -0.3 is 14.7 Å². The Labute approximate surface area is 140 Å². The largest absolute Gasteiger partial charge is 0.389 e. The van der Waals surface area contributed by atoms with E-state index >= 15 is 0 Å². The van der Waals surface area contributed by atoms with Crippen molar-refractivity contribution in [1.29, 1.82) is 0 Å². The van der Waals surface area contributed by atoms with Crippen LogP contribution in [0, 0.1) is 18.8 Å². The summed E-state index contributed by atoms with van der Waals surface area (Å²) in [6, 6.07) is 3.76. The third-order valence-corrected chi connectivity index (χ3v) is 5.45. The second-order valence-corrected chi connectivity index (χ2v) is 7.14. The molecule has 1 saturated heterocycles. The van der Waals surface area contributed by atoms with Crippen LogP contribution in [0.25, 0.3) is 10.9 Å². The van der Waals surface area contributed by atoms with Crippen molar-refractivity contribution < 1.29 is 9.84 Å². The lowest BCUT2D eigenvalue weighted by Gasteiger charge is -2.23. The molecule has 4 rings (SSSR count). The van der Waals surface area contributed by atoms with Crippen molar-refractivity contribution in [3.63, 3.8) is 0 Å². The van der Waals surface area contributed by atoms with E-state index in [-0.39, 0.29) is 5.56 Å². The minimum absolute atomic E-state index is 0.0653. The molecule has 6 nitrogen and oxygen atoms in total. The third kappa shape index (κ3) is 2.17. The number of aryl methyl sites for hydroxylation is 1. The molecule has 1 aromatic carbocycles. The SMILES string of the molecule is COC1[C@H]2CN(c3nc4c(C(C)O)cc(C)cc4c(=O)n3C)C[C@@H]12. The smallest absolute Gasteiger partial charge is 0.262 e. The molecule has 0 amide bonds. The Hall–Kier alpha value is -1.92. The Bertz CT molecular complexity index is 862. The summed E-state index contributed by atoms with van der Waals surface area (Å²) in [6.45, 7) is 5.37. The summed E-state index contributed by atoms with van der Waals surface area (Å²) in [5, 5.41) is 10.7. The molecule has 0 radical (unpaired) electrons. The number of rotatable bonds is 3. The van der Waals surface area contributed by atoms with E-state index in [4.69, 9.17) is 9.72 Å². The fourth-order valence-corrected chi connectivity index (χ4v) is 4.13. The van der Waals surface area contributed by atoms with E-state index in [0.717, 1.165) is 18.7 Å². The number of aromatic nitrogens is 2. The van der Waals surface area contributed by atoms with Crippen LogP contribution in [-0.4, -0.2) is 41.0 Å². The number of aliphatic hydroxyl groups excluding tert-OH is 1. The van der Waals surface area contributed by atoms with Gasteiger partial charge in [0.15, 0.2) is 0 Å². The Morgan fingerprint density at radius 2 is 2.00 bits per heavy atom. The Balaban J connectivity index is 1.83. The van der Waals surface area contributed by atoms with Crippen molar-refractivity contribution in [1.82, 2.24) is 9.55 Å². The van der Waals surface area contributed by atoms with E-state index in [0.29, 0.717) is 40.4 Å². The summed E-state index contributed by atoms with van der Waals surface area (Å²) in [5.41, 5.74) is 2.21. The summed E-state index contributed by atoms with van der Waals surface area (Å²) in [4.78, 5) is 19.8. The molecular formula is C18H23N3O3. The molecule has 2 fully saturated rings. The number of aliphatic hydroxyl groups is 1. The van der Waals surface area contributed by atoms with Crippen LogP contribution in [0.2, 0.25) is 0 Å². The normalized spacial score (nSPS) is 26.7. The first-order valence-electron chi connectivity index (χ1n) is 8.39. The highest BCUT2D eigenvalue weighted by Gasteiger charge is 2.57. The molecule has 2 aromatic rings. The summed E-state index contributed by atoms with van der Waals surface area (Å²) >= 11 is 0. The third-order valence-electron chi connectivity index (χ3n) is 5.45. The van der Waals surface area contributed by atoms with Crippen molar-refractivity contribution >= 4 is 16.9 Å². The average Bonchev–Trinajstić information content (AvgIpc) is 3.02. The standard InChI is InChI=1S/C18H23N3O3/c1-9-5-11(10(2)22)15-12(6-9)17(23)20(3)18(19-15)21-7-13-14(8-21)16(13)24-4/h5-6,10,13-14,16,22H,7-8H2,1-4H3/t10?,13-,14+,16?. The van der Waals surface area contributed by atoms with E-state index in [1.165, 1.54) is 0 Å². The zero-order valence-electron chi connectivity index (χ0n) is 14.5.